The van der Waals surface area contributed by atoms with Gasteiger partial charge >= 0.3 is 5.97 Å². The van der Waals surface area contributed by atoms with Gasteiger partial charge in [0.25, 0.3) is 0 Å². The maximum absolute atomic E-state index is 12.4. The van der Waals surface area contributed by atoms with Crippen molar-refractivity contribution in [3.8, 4) is 0 Å². The van der Waals surface area contributed by atoms with E-state index in [4.69, 9.17) is 14.2 Å². The van der Waals surface area contributed by atoms with Crippen LogP contribution in [0.3, 0.4) is 0 Å². The molecule has 0 bridgehead atoms. The van der Waals surface area contributed by atoms with Crippen molar-refractivity contribution in [3.63, 3.8) is 0 Å². The minimum Gasteiger partial charge on any atom is -0.459 e. The first-order valence-electron chi connectivity index (χ1n) is 14.0. The molecule has 0 aliphatic carbocycles. The van der Waals surface area contributed by atoms with Gasteiger partial charge in [-0.15, -0.1) is 11.8 Å². The topological polar surface area (TPSA) is 48.0 Å². The van der Waals surface area contributed by atoms with Crippen LogP contribution in [0.25, 0.3) is 0 Å². The third kappa shape index (κ3) is 13.7. The van der Waals surface area contributed by atoms with Crippen LogP contribution in [0.5, 0.6) is 0 Å². The van der Waals surface area contributed by atoms with E-state index in [-0.39, 0.29) is 18.7 Å². The highest BCUT2D eigenvalue weighted by molar-refractivity contribution is 8.03. The average Bonchev–Trinajstić information content (AvgIpc) is 3.30. The predicted molar refractivity (Wildman–Crippen MR) is 151 cm³/mol. The number of ether oxygens (including phenoxy) is 3. The van der Waals surface area contributed by atoms with Gasteiger partial charge in [-0.3, -0.25) is 0 Å². The highest BCUT2D eigenvalue weighted by Gasteiger charge is 2.14. The van der Waals surface area contributed by atoms with Crippen LogP contribution in [0, 0.1) is 0 Å². The molecule has 1 atom stereocenters. The zero-order valence-electron chi connectivity index (χ0n) is 23.0. The molecule has 204 valence electrons. The Morgan fingerprint density at radius 3 is 2.08 bits per heavy atom. The molecule has 1 aromatic carbocycles. The Kier molecular flexibility index (Phi) is 16.7. The van der Waals surface area contributed by atoms with E-state index in [0.717, 1.165) is 25.4 Å². The third-order valence-corrected chi connectivity index (χ3v) is 7.60. The molecule has 1 unspecified atom stereocenters. The molecule has 0 saturated carbocycles. The number of esters is 1. The van der Waals surface area contributed by atoms with E-state index >= 15 is 0 Å². The quantitative estimate of drug-likeness (QED) is 0.121. The molecule has 0 fully saturated rings. The number of methoxy groups -OCH3 is 1. The summed E-state index contributed by atoms with van der Waals surface area (Å²) in [4.78, 5) is 16.0. The molecule has 1 aromatic rings. The second-order valence-electron chi connectivity index (χ2n) is 9.88. The number of hydrogen-bond donors (Lipinski definition) is 0. The Balaban J connectivity index is 1.47. The molecule has 1 heterocycles. The van der Waals surface area contributed by atoms with Crippen molar-refractivity contribution in [1.29, 1.82) is 0 Å². The zero-order valence-corrected chi connectivity index (χ0v) is 23.8. The SMILES string of the molecule is CCCCCCCCCCCCCCOCC(COC(=O)c1ccc(CN2C=C(C)SC2)cc1)OC. The van der Waals surface area contributed by atoms with Crippen LogP contribution in [0.15, 0.2) is 35.4 Å². The van der Waals surface area contributed by atoms with Crippen LogP contribution in [0.4, 0.5) is 0 Å². The van der Waals surface area contributed by atoms with E-state index in [1.54, 1.807) is 7.11 Å². The predicted octanol–water partition coefficient (Wildman–Crippen LogP) is 7.94. The van der Waals surface area contributed by atoms with Crippen LogP contribution in [0.1, 0.15) is 107 Å². The first-order valence-corrected chi connectivity index (χ1v) is 15.0. The van der Waals surface area contributed by atoms with Gasteiger partial charge in [-0.1, -0.05) is 89.7 Å². The molecule has 0 saturated heterocycles. The zero-order chi connectivity index (χ0) is 25.8. The summed E-state index contributed by atoms with van der Waals surface area (Å²) in [6, 6.07) is 7.66. The summed E-state index contributed by atoms with van der Waals surface area (Å²) in [6.07, 6.45) is 17.9. The van der Waals surface area contributed by atoms with Gasteiger partial charge in [0.15, 0.2) is 0 Å². The first-order chi connectivity index (χ1) is 17.6. The number of carbonyl (C=O) groups is 1. The first kappa shape index (κ1) is 30.7. The number of rotatable bonds is 21. The normalized spacial score (nSPS) is 14.2. The number of hydrogen-bond acceptors (Lipinski definition) is 6. The van der Waals surface area contributed by atoms with E-state index in [1.807, 2.05) is 36.0 Å². The Hall–Kier alpha value is -1.50. The van der Waals surface area contributed by atoms with Gasteiger partial charge in [0.2, 0.25) is 0 Å². The second kappa shape index (κ2) is 19.6. The Labute approximate surface area is 224 Å². The van der Waals surface area contributed by atoms with Gasteiger partial charge in [-0.2, -0.15) is 0 Å². The summed E-state index contributed by atoms with van der Waals surface area (Å²) in [7, 11) is 1.63. The minimum atomic E-state index is -0.322. The fourth-order valence-electron chi connectivity index (χ4n) is 4.28. The van der Waals surface area contributed by atoms with Crippen molar-refractivity contribution in [2.45, 2.75) is 104 Å². The highest BCUT2D eigenvalue weighted by atomic mass is 32.2. The Morgan fingerprint density at radius 1 is 0.917 bits per heavy atom. The van der Waals surface area contributed by atoms with Crippen LogP contribution in [-0.2, 0) is 20.8 Å². The van der Waals surface area contributed by atoms with E-state index in [9.17, 15) is 4.79 Å². The molecule has 1 aliphatic rings. The summed E-state index contributed by atoms with van der Waals surface area (Å²) in [5.41, 5.74) is 1.74. The molecular formula is C30H49NO4S. The minimum absolute atomic E-state index is 0.199. The van der Waals surface area contributed by atoms with Gasteiger partial charge in [0.05, 0.1) is 18.0 Å². The molecule has 2 rings (SSSR count). The third-order valence-electron chi connectivity index (χ3n) is 6.58. The van der Waals surface area contributed by atoms with Crippen LogP contribution < -0.4 is 0 Å². The monoisotopic (exact) mass is 519 g/mol. The Morgan fingerprint density at radius 2 is 1.53 bits per heavy atom. The number of nitrogens with zero attached hydrogens (tertiary/aromatic N) is 1. The highest BCUT2D eigenvalue weighted by Crippen LogP contribution is 2.25. The lowest BCUT2D eigenvalue weighted by atomic mass is 10.1. The largest absolute Gasteiger partial charge is 0.459 e. The van der Waals surface area contributed by atoms with Gasteiger partial charge in [-0.05, 0) is 35.9 Å². The number of benzene rings is 1. The standard InChI is InChI=1S/C30H49NO4S/c1-4-5-6-7-8-9-10-11-12-13-14-15-20-34-23-29(33-3)24-35-30(32)28-18-16-27(17-19-28)22-31-21-26(2)36-25-31/h16-19,21,29H,4-15,20,22-25H2,1-3H3. The van der Waals surface area contributed by atoms with Gasteiger partial charge in [0, 0.05) is 26.5 Å². The molecule has 6 heteroatoms. The van der Waals surface area contributed by atoms with Crippen molar-refractivity contribution in [1.82, 2.24) is 4.90 Å². The number of unbranched alkanes of at least 4 members (excludes halogenated alkanes) is 11. The number of carbonyl (C=O) groups excluding carboxylic acids is 1. The number of allylic oxidation sites excluding steroid dienone is 1. The van der Waals surface area contributed by atoms with E-state index < -0.39 is 0 Å². The van der Waals surface area contributed by atoms with Crippen LogP contribution >= 0.6 is 11.8 Å². The van der Waals surface area contributed by atoms with E-state index in [0.29, 0.717) is 12.2 Å². The fourth-order valence-corrected chi connectivity index (χ4v) is 5.04. The molecule has 0 spiro atoms. The molecule has 1 aliphatic heterocycles. The maximum Gasteiger partial charge on any atom is 0.338 e. The second-order valence-corrected chi connectivity index (χ2v) is 11.1. The summed E-state index contributed by atoms with van der Waals surface area (Å²) in [6.45, 7) is 6.62. The maximum atomic E-state index is 12.4. The lowest BCUT2D eigenvalue weighted by Gasteiger charge is -2.16. The van der Waals surface area contributed by atoms with Crippen LogP contribution in [-0.4, -0.2) is 49.8 Å². The van der Waals surface area contributed by atoms with Gasteiger partial charge in [-0.25, -0.2) is 4.79 Å². The lowest BCUT2D eigenvalue weighted by Crippen LogP contribution is -2.26. The van der Waals surface area contributed by atoms with Crippen LogP contribution in [0.2, 0.25) is 0 Å². The molecule has 5 nitrogen and oxygen atoms in total. The fraction of sp³-hybridized carbons (Fsp3) is 0.700. The summed E-state index contributed by atoms with van der Waals surface area (Å²) < 4.78 is 16.7. The smallest absolute Gasteiger partial charge is 0.338 e. The summed E-state index contributed by atoms with van der Waals surface area (Å²) in [5.74, 6) is 0.659. The molecule has 36 heavy (non-hydrogen) atoms. The summed E-state index contributed by atoms with van der Waals surface area (Å²) >= 11 is 1.85. The van der Waals surface area contributed by atoms with Crippen molar-refractivity contribution in [3.05, 3.63) is 46.5 Å². The van der Waals surface area contributed by atoms with Crippen molar-refractivity contribution in [2.24, 2.45) is 0 Å². The van der Waals surface area contributed by atoms with E-state index in [2.05, 4.69) is 24.9 Å². The van der Waals surface area contributed by atoms with E-state index in [1.165, 1.54) is 81.1 Å². The lowest BCUT2D eigenvalue weighted by molar-refractivity contribution is -0.0314. The molecule has 0 radical (unpaired) electrons. The molecule has 0 N–H and O–H groups in total. The van der Waals surface area contributed by atoms with Gasteiger partial charge < -0.3 is 19.1 Å². The molecule has 0 aromatic heterocycles. The summed E-state index contributed by atoms with van der Waals surface area (Å²) in [5, 5.41) is 0. The van der Waals surface area contributed by atoms with Crippen molar-refractivity contribution in [2.75, 3.05) is 32.8 Å². The Bertz CT molecular complexity index is 737. The average molecular weight is 520 g/mol. The molecule has 0 amide bonds. The van der Waals surface area contributed by atoms with Crippen molar-refractivity contribution < 1.29 is 19.0 Å². The number of thioether (sulfide) groups is 1. The van der Waals surface area contributed by atoms with Crippen molar-refractivity contribution >= 4 is 17.7 Å². The molecular weight excluding hydrogens is 470 g/mol. The van der Waals surface area contributed by atoms with Gasteiger partial charge in [0.1, 0.15) is 12.7 Å².